The van der Waals surface area contributed by atoms with Crippen molar-refractivity contribution in [3.05, 3.63) is 47.9 Å². The van der Waals surface area contributed by atoms with Crippen LogP contribution in [0.5, 0.6) is 0 Å². The SMILES string of the molecule is C[CH-]CCC1C=Cc2ccccc21.[Zr]. The van der Waals surface area contributed by atoms with Gasteiger partial charge in [0, 0.05) is 32.1 Å². The summed E-state index contributed by atoms with van der Waals surface area (Å²) in [5.41, 5.74) is 2.91. The Bertz CT molecular complexity index is 315. The number of rotatable bonds is 3. The predicted octanol–water partition coefficient (Wildman–Crippen LogP) is 3.80. The van der Waals surface area contributed by atoms with Crippen molar-refractivity contribution < 1.29 is 26.2 Å². The molecule has 14 heavy (non-hydrogen) atoms. The van der Waals surface area contributed by atoms with E-state index in [0.717, 1.165) is 0 Å². The van der Waals surface area contributed by atoms with Crippen molar-refractivity contribution >= 4 is 6.08 Å². The molecule has 72 valence electrons. The molecular formula is C13H15Zr-. The van der Waals surface area contributed by atoms with Gasteiger partial charge in [0.1, 0.15) is 0 Å². The number of allylic oxidation sites excluding steroid dienone is 1. The molecule has 0 fully saturated rings. The van der Waals surface area contributed by atoms with Crippen LogP contribution in [0.15, 0.2) is 30.3 Å². The van der Waals surface area contributed by atoms with E-state index < -0.39 is 0 Å². The van der Waals surface area contributed by atoms with Crippen molar-refractivity contribution in [3.8, 4) is 0 Å². The van der Waals surface area contributed by atoms with E-state index in [2.05, 4.69) is 49.8 Å². The van der Waals surface area contributed by atoms with Crippen LogP contribution in [0.3, 0.4) is 0 Å². The van der Waals surface area contributed by atoms with Crippen LogP contribution in [0.4, 0.5) is 0 Å². The molecule has 1 heteroatoms. The molecule has 0 saturated heterocycles. The van der Waals surface area contributed by atoms with Crippen molar-refractivity contribution in [2.24, 2.45) is 0 Å². The van der Waals surface area contributed by atoms with Gasteiger partial charge in [0.05, 0.1) is 0 Å². The van der Waals surface area contributed by atoms with Crippen LogP contribution in [0.1, 0.15) is 36.8 Å². The second-order valence-electron chi connectivity index (χ2n) is 3.58. The van der Waals surface area contributed by atoms with Gasteiger partial charge in [-0.15, -0.1) is 0 Å². The molecule has 1 aromatic rings. The van der Waals surface area contributed by atoms with Crippen LogP contribution in [0, 0.1) is 6.42 Å². The van der Waals surface area contributed by atoms with Gasteiger partial charge in [-0.2, -0.15) is 13.3 Å². The molecule has 2 rings (SSSR count). The number of benzene rings is 1. The molecule has 0 bridgehead atoms. The number of hydrogen-bond acceptors (Lipinski definition) is 0. The zero-order valence-corrected chi connectivity index (χ0v) is 11.0. The number of fused-ring (bicyclic) bond motifs is 1. The average molecular weight is 262 g/mol. The summed E-state index contributed by atoms with van der Waals surface area (Å²) in [6, 6.07) is 8.68. The van der Waals surface area contributed by atoms with Gasteiger partial charge in [0.15, 0.2) is 0 Å². The Balaban J connectivity index is 0.000000980. The molecule has 1 aliphatic carbocycles. The van der Waals surface area contributed by atoms with Gasteiger partial charge < -0.3 is 6.42 Å². The molecule has 1 aromatic carbocycles. The maximum absolute atomic E-state index is 2.33. The van der Waals surface area contributed by atoms with E-state index in [1.807, 2.05) is 0 Å². The number of hydrogen-bond donors (Lipinski definition) is 0. The van der Waals surface area contributed by atoms with Gasteiger partial charge in [-0.1, -0.05) is 42.8 Å². The van der Waals surface area contributed by atoms with Crippen molar-refractivity contribution in [1.29, 1.82) is 0 Å². The van der Waals surface area contributed by atoms with E-state index in [9.17, 15) is 0 Å². The summed E-state index contributed by atoms with van der Waals surface area (Å²) in [7, 11) is 0. The molecule has 1 unspecified atom stereocenters. The Hall–Kier alpha value is -0.157. The maximum Gasteiger partial charge on any atom is 0.000297 e. The molecule has 0 aliphatic heterocycles. The Morgan fingerprint density at radius 2 is 2.07 bits per heavy atom. The fourth-order valence-corrected chi connectivity index (χ4v) is 1.92. The Labute approximate surface area is 106 Å². The summed E-state index contributed by atoms with van der Waals surface area (Å²) in [6.07, 6.45) is 9.28. The summed E-state index contributed by atoms with van der Waals surface area (Å²) >= 11 is 0. The number of unbranched alkanes of at least 4 members (excludes halogenated alkanes) is 1. The van der Waals surface area contributed by atoms with E-state index in [0.29, 0.717) is 5.92 Å². The molecule has 0 heterocycles. The van der Waals surface area contributed by atoms with E-state index in [1.165, 1.54) is 24.0 Å². The average Bonchev–Trinajstić information content (AvgIpc) is 2.58. The van der Waals surface area contributed by atoms with Gasteiger partial charge in [-0.25, -0.2) is 0 Å². The van der Waals surface area contributed by atoms with Crippen LogP contribution >= 0.6 is 0 Å². The van der Waals surface area contributed by atoms with Gasteiger partial charge in [-0.05, 0) is 11.1 Å². The van der Waals surface area contributed by atoms with E-state index in [4.69, 9.17) is 0 Å². The zero-order valence-electron chi connectivity index (χ0n) is 8.53. The molecule has 0 aromatic heterocycles. The minimum absolute atomic E-state index is 0. The third-order valence-corrected chi connectivity index (χ3v) is 2.67. The third-order valence-electron chi connectivity index (χ3n) is 2.67. The van der Waals surface area contributed by atoms with Crippen LogP contribution in [0.25, 0.3) is 6.08 Å². The van der Waals surface area contributed by atoms with Crippen LogP contribution in [-0.4, -0.2) is 0 Å². The van der Waals surface area contributed by atoms with Crippen molar-refractivity contribution in [1.82, 2.24) is 0 Å². The molecule has 0 N–H and O–H groups in total. The Morgan fingerprint density at radius 1 is 1.29 bits per heavy atom. The first kappa shape index (κ1) is 11.9. The summed E-state index contributed by atoms with van der Waals surface area (Å²) in [5.74, 6) is 0.660. The normalized spacial score (nSPS) is 17.6. The van der Waals surface area contributed by atoms with E-state index >= 15 is 0 Å². The first-order valence-electron chi connectivity index (χ1n) is 4.97. The van der Waals surface area contributed by atoms with Gasteiger partial charge in [-0.3, -0.25) is 0 Å². The third kappa shape index (κ3) is 2.45. The first-order valence-corrected chi connectivity index (χ1v) is 4.97. The van der Waals surface area contributed by atoms with Crippen molar-refractivity contribution in [2.45, 2.75) is 25.7 Å². The van der Waals surface area contributed by atoms with Gasteiger partial charge in [0.25, 0.3) is 0 Å². The van der Waals surface area contributed by atoms with Crippen molar-refractivity contribution in [2.75, 3.05) is 0 Å². The smallest absolute Gasteiger partial charge is 0.000297 e. The minimum atomic E-state index is 0. The first-order chi connectivity index (χ1) is 6.42. The topological polar surface area (TPSA) is 0 Å². The molecule has 0 saturated carbocycles. The minimum Gasteiger partial charge on any atom is -0.331 e. The second-order valence-corrected chi connectivity index (χ2v) is 3.58. The Morgan fingerprint density at radius 3 is 2.86 bits per heavy atom. The molecule has 0 nitrogen and oxygen atoms in total. The van der Waals surface area contributed by atoms with Gasteiger partial charge in [0.2, 0.25) is 0 Å². The standard InChI is InChI=1S/C13H15.Zr/c1-2-3-6-11-9-10-12-7-4-5-8-13(11)12;/h2,4-5,7-11H,3,6H2,1H3;/q-1;. The molecule has 1 atom stereocenters. The summed E-state index contributed by atoms with van der Waals surface area (Å²) < 4.78 is 0. The fraction of sp³-hybridized carbons (Fsp3) is 0.308. The molecule has 0 radical (unpaired) electrons. The molecule has 1 aliphatic rings. The predicted molar refractivity (Wildman–Crippen MR) is 57.4 cm³/mol. The van der Waals surface area contributed by atoms with Crippen molar-refractivity contribution in [3.63, 3.8) is 0 Å². The summed E-state index contributed by atoms with van der Waals surface area (Å²) in [4.78, 5) is 0. The fourth-order valence-electron chi connectivity index (χ4n) is 1.92. The molecule has 0 amide bonds. The van der Waals surface area contributed by atoms with Crippen LogP contribution in [0.2, 0.25) is 0 Å². The monoisotopic (exact) mass is 261 g/mol. The van der Waals surface area contributed by atoms with Crippen LogP contribution in [-0.2, 0) is 26.2 Å². The maximum atomic E-state index is 2.33. The second kappa shape index (κ2) is 5.66. The molecular weight excluding hydrogens is 247 g/mol. The Kier molecular flexibility index (Phi) is 4.82. The van der Waals surface area contributed by atoms with Gasteiger partial charge >= 0.3 is 0 Å². The largest absolute Gasteiger partial charge is 0.331 e. The quantitative estimate of drug-likeness (QED) is 0.727. The van der Waals surface area contributed by atoms with E-state index in [1.54, 1.807) is 0 Å². The van der Waals surface area contributed by atoms with Crippen LogP contribution < -0.4 is 0 Å². The van der Waals surface area contributed by atoms with E-state index in [-0.39, 0.29) is 26.2 Å². The molecule has 0 spiro atoms. The summed E-state index contributed by atoms with van der Waals surface area (Å²) in [6.45, 7) is 2.13. The summed E-state index contributed by atoms with van der Waals surface area (Å²) in [5, 5.41) is 0. The zero-order chi connectivity index (χ0) is 9.10.